The summed E-state index contributed by atoms with van der Waals surface area (Å²) in [5.74, 6) is 1.27. The van der Waals surface area contributed by atoms with Gasteiger partial charge in [0.15, 0.2) is 6.10 Å². The summed E-state index contributed by atoms with van der Waals surface area (Å²) < 4.78 is 11.2. The lowest BCUT2D eigenvalue weighted by Crippen LogP contribution is -2.32. The second-order valence-corrected chi connectivity index (χ2v) is 5.94. The highest BCUT2D eigenvalue weighted by Gasteiger charge is 2.26. The molecule has 0 radical (unpaired) electrons. The third-order valence-electron chi connectivity index (χ3n) is 4.16. The van der Waals surface area contributed by atoms with E-state index in [0.29, 0.717) is 5.75 Å². The van der Waals surface area contributed by atoms with Gasteiger partial charge in [0.1, 0.15) is 11.9 Å². The van der Waals surface area contributed by atoms with Gasteiger partial charge in [-0.05, 0) is 50.7 Å². The third-order valence-corrected chi connectivity index (χ3v) is 4.16. The predicted molar refractivity (Wildman–Crippen MR) is 83.3 cm³/mol. The molecule has 21 heavy (non-hydrogen) atoms. The van der Waals surface area contributed by atoms with Gasteiger partial charge in [-0.1, -0.05) is 38.0 Å². The van der Waals surface area contributed by atoms with Crippen LogP contribution in [0.5, 0.6) is 5.75 Å². The first-order valence-electron chi connectivity index (χ1n) is 8.11. The molecule has 0 amide bonds. The van der Waals surface area contributed by atoms with Gasteiger partial charge >= 0.3 is 5.97 Å². The van der Waals surface area contributed by atoms with Crippen LogP contribution in [0.25, 0.3) is 0 Å². The molecule has 0 aromatic heterocycles. The number of hydrogen-bond donors (Lipinski definition) is 0. The molecule has 0 bridgehead atoms. The van der Waals surface area contributed by atoms with Gasteiger partial charge in [0.05, 0.1) is 0 Å². The molecule has 2 rings (SSSR count). The second kappa shape index (κ2) is 8.06. The van der Waals surface area contributed by atoms with E-state index in [9.17, 15) is 4.79 Å². The molecule has 0 N–H and O–H groups in total. The Labute approximate surface area is 127 Å². The Hall–Kier alpha value is -1.51. The summed E-state index contributed by atoms with van der Waals surface area (Å²) in [6.07, 6.45) is 6.42. The molecule has 1 aromatic rings. The molecule has 1 saturated carbocycles. The Kier molecular flexibility index (Phi) is 6.09. The fraction of sp³-hybridized carbons (Fsp3) is 0.611. The first kappa shape index (κ1) is 15.9. The van der Waals surface area contributed by atoms with E-state index in [2.05, 4.69) is 6.92 Å². The summed E-state index contributed by atoms with van der Waals surface area (Å²) >= 11 is 0. The van der Waals surface area contributed by atoms with E-state index in [1.54, 1.807) is 6.92 Å². The van der Waals surface area contributed by atoms with Crippen LogP contribution in [0.15, 0.2) is 30.3 Å². The average molecular weight is 290 g/mol. The van der Waals surface area contributed by atoms with Crippen molar-refractivity contribution in [2.45, 2.75) is 64.6 Å². The molecule has 116 valence electrons. The zero-order chi connectivity index (χ0) is 15.1. The highest BCUT2D eigenvalue weighted by Crippen LogP contribution is 2.29. The molecule has 1 unspecified atom stereocenters. The van der Waals surface area contributed by atoms with Crippen molar-refractivity contribution in [3.8, 4) is 5.75 Å². The van der Waals surface area contributed by atoms with Crippen LogP contribution in [0.1, 0.15) is 52.4 Å². The molecule has 1 aromatic carbocycles. The SMILES string of the molecule is CCCC1CCC(OC(=O)C(C)Oc2ccccc2)CC1. The van der Waals surface area contributed by atoms with E-state index in [-0.39, 0.29) is 12.1 Å². The first-order valence-corrected chi connectivity index (χ1v) is 8.11. The van der Waals surface area contributed by atoms with Crippen LogP contribution in [0.4, 0.5) is 0 Å². The van der Waals surface area contributed by atoms with E-state index >= 15 is 0 Å². The zero-order valence-corrected chi connectivity index (χ0v) is 13.1. The third kappa shape index (κ3) is 5.07. The van der Waals surface area contributed by atoms with Crippen LogP contribution in [0.2, 0.25) is 0 Å². The number of carbonyl (C=O) groups excluding carboxylic acids is 1. The monoisotopic (exact) mass is 290 g/mol. The molecule has 1 aliphatic carbocycles. The van der Waals surface area contributed by atoms with E-state index in [1.807, 2.05) is 30.3 Å². The first-order chi connectivity index (χ1) is 10.2. The lowest BCUT2D eigenvalue weighted by Gasteiger charge is -2.28. The average Bonchev–Trinajstić information content (AvgIpc) is 2.50. The van der Waals surface area contributed by atoms with Gasteiger partial charge in [-0.25, -0.2) is 4.79 Å². The van der Waals surface area contributed by atoms with Gasteiger partial charge in [-0.2, -0.15) is 0 Å². The quantitative estimate of drug-likeness (QED) is 0.730. The zero-order valence-electron chi connectivity index (χ0n) is 13.1. The molecule has 0 heterocycles. The van der Waals surface area contributed by atoms with Crippen LogP contribution in [-0.4, -0.2) is 18.2 Å². The van der Waals surface area contributed by atoms with Crippen molar-refractivity contribution >= 4 is 5.97 Å². The molecule has 3 nitrogen and oxygen atoms in total. The largest absolute Gasteiger partial charge is 0.479 e. The van der Waals surface area contributed by atoms with Crippen LogP contribution < -0.4 is 4.74 Å². The Balaban J connectivity index is 1.74. The minimum Gasteiger partial charge on any atom is -0.479 e. The van der Waals surface area contributed by atoms with Crippen LogP contribution in [0.3, 0.4) is 0 Å². The number of benzene rings is 1. The molecule has 1 aliphatic rings. The molecule has 0 spiro atoms. The molecule has 1 atom stereocenters. The summed E-state index contributed by atoms with van der Waals surface area (Å²) in [5.41, 5.74) is 0. The van der Waals surface area contributed by atoms with Crippen LogP contribution in [-0.2, 0) is 9.53 Å². The van der Waals surface area contributed by atoms with E-state index in [1.165, 1.54) is 25.7 Å². The van der Waals surface area contributed by atoms with Crippen molar-refractivity contribution in [1.29, 1.82) is 0 Å². The van der Waals surface area contributed by atoms with Gasteiger partial charge < -0.3 is 9.47 Å². The lowest BCUT2D eigenvalue weighted by atomic mass is 9.85. The number of hydrogen-bond acceptors (Lipinski definition) is 3. The minimum atomic E-state index is -0.555. The molecular weight excluding hydrogens is 264 g/mol. The Morgan fingerprint density at radius 2 is 1.86 bits per heavy atom. The predicted octanol–water partition coefficient (Wildman–Crippen LogP) is 4.36. The standard InChI is InChI=1S/C18H26O3/c1-3-7-15-10-12-17(13-11-15)21-18(19)14(2)20-16-8-5-4-6-9-16/h4-6,8-9,14-15,17H,3,7,10-13H2,1-2H3. The summed E-state index contributed by atoms with van der Waals surface area (Å²) in [7, 11) is 0. The fourth-order valence-corrected chi connectivity index (χ4v) is 2.96. The smallest absolute Gasteiger partial charge is 0.347 e. The van der Waals surface area contributed by atoms with E-state index in [4.69, 9.17) is 9.47 Å². The molecule has 0 aliphatic heterocycles. The summed E-state index contributed by atoms with van der Waals surface area (Å²) in [6, 6.07) is 9.40. The van der Waals surface area contributed by atoms with Crippen LogP contribution >= 0.6 is 0 Å². The topological polar surface area (TPSA) is 35.5 Å². The summed E-state index contributed by atoms with van der Waals surface area (Å²) in [5, 5.41) is 0. The van der Waals surface area contributed by atoms with Crippen molar-refractivity contribution in [1.82, 2.24) is 0 Å². The van der Waals surface area contributed by atoms with E-state index < -0.39 is 6.10 Å². The maximum atomic E-state index is 12.1. The summed E-state index contributed by atoms with van der Waals surface area (Å²) in [4.78, 5) is 12.1. The summed E-state index contributed by atoms with van der Waals surface area (Å²) in [6.45, 7) is 3.98. The second-order valence-electron chi connectivity index (χ2n) is 5.94. The van der Waals surface area contributed by atoms with Crippen molar-refractivity contribution in [2.75, 3.05) is 0 Å². The number of carbonyl (C=O) groups is 1. The Morgan fingerprint density at radius 1 is 1.19 bits per heavy atom. The van der Waals surface area contributed by atoms with Gasteiger partial charge in [0.2, 0.25) is 0 Å². The lowest BCUT2D eigenvalue weighted by molar-refractivity contribution is -0.158. The normalized spacial score (nSPS) is 23.3. The van der Waals surface area contributed by atoms with Crippen molar-refractivity contribution in [3.05, 3.63) is 30.3 Å². The molecule has 1 fully saturated rings. The van der Waals surface area contributed by atoms with Gasteiger partial charge in [0, 0.05) is 0 Å². The molecule has 0 saturated heterocycles. The Bertz CT molecular complexity index is 421. The molecule has 3 heteroatoms. The van der Waals surface area contributed by atoms with Crippen molar-refractivity contribution in [3.63, 3.8) is 0 Å². The number of rotatable bonds is 6. The fourth-order valence-electron chi connectivity index (χ4n) is 2.96. The highest BCUT2D eigenvalue weighted by molar-refractivity contribution is 5.74. The van der Waals surface area contributed by atoms with Crippen LogP contribution in [0, 0.1) is 5.92 Å². The number of ether oxygens (including phenoxy) is 2. The maximum absolute atomic E-state index is 12.1. The van der Waals surface area contributed by atoms with E-state index in [0.717, 1.165) is 18.8 Å². The number of esters is 1. The highest BCUT2D eigenvalue weighted by atomic mass is 16.6. The minimum absolute atomic E-state index is 0.0763. The maximum Gasteiger partial charge on any atom is 0.347 e. The number of para-hydroxylation sites is 1. The Morgan fingerprint density at radius 3 is 2.48 bits per heavy atom. The van der Waals surface area contributed by atoms with Crippen molar-refractivity contribution < 1.29 is 14.3 Å². The van der Waals surface area contributed by atoms with Gasteiger partial charge in [-0.3, -0.25) is 0 Å². The van der Waals surface area contributed by atoms with Gasteiger partial charge in [-0.15, -0.1) is 0 Å². The van der Waals surface area contributed by atoms with Crippen molar-refractivity contribution in [2.24, 2.45) is 5.92 Å². The van der Waals surface area contributed by atoms with Gasteiger partial charge in [0.25, 0.3) is 0 Å². The molecular formula is C18H26O3.